The van der Waals surface area contributed by atoms with E-state index < -0.39 is 11.9 Å². The standard InChI is InChI=1S/C19H28N2O5/c1-14(17(22)23)12-21(2)18(24)20-13-19(8-10-26-11-9-19)15-4-6-16(25-3)7-5-15/h4-7,14H,8-13H2,1-3H3,(H,20,24)(H,22,23). The molecular weight excluding hydrogens is 336 g/mol. The van der Waals surface area contributed by atoms with Crippen LogP contribution in [0, 0.1) is 5.92 Å². The Kier molecular flexibility index (Phi) is 6.85. The van der Waals surface area contributed by atoms with Gasteiger partial charge in [-0.1, -0.05) is 19.1 Å². The molecule has 2 amide bonds. The van der Waals surface area contributed by atoms with Crippen LogP contribution in [0.25, 0.3) is 0 Å². The second-order valence-corrected chi connectivity index (χ2v) is 6.90. The molecule has 0 radical (unpaired) electrons. The Hall–Kier alpha value is -2.28. The lowest BCUT2D eigenvalue weighted by atomic mass is 9.74. The molecule has 0 saturated carbocycles. The zero-order valence-electron chi connectivity index (χ0n) is 15.7. The monoisotopic (exact) mass is 364 g/mol. The Morgan fingerprint density at radius 2 is 1.92 bits per heavy atom. The Morgan fingerprint density at radius 3 is 2.46 bits per heavy atom. The third-order valence-corrected chi connectivity index (χ3v) is 5.05. The molecule has 1 fully saturated rings. The van der Waals surface area contributed by atoms with Crippen LogP contribution < -0.4 is 10.1 Å². The minimum absolute atomic E-state index is 0.166. The van der Waals surface area contributed by atoms with E-state index in [1.807, 2.05) is 24.3 Å². The Labute approximate surface area is 154 Å². The second-order valence-electron chi connectivity index (χ2n) is 6.90. The number of nitrogens with zero attached hydrogens (tertiary/aromatic N) is 1. The van der Waals surface area contributed by atoms with Gasteiger partial charge >= 0.3 is 12.0 Å². The van der Waals surface area contributed by atoms with E-state index in [-0.39, 0.29) is 18.0 Å². The van der Waals surface area contributed by atoms with Crippen molar-refractivity contribution in [3.05, 3.63) is 29.8 Å². The summed E-state index contributed by atoms with van der Waals surface area (Å²) in [5, 5.41) is 12.0. The zero-order valence-corrected chi connectivity index (χ0v) is 15.7. The fourth-order valence-electron chi connectivity index (χ4n) is 3.23. The van der Waals surface area contributed by atoms with E-state index in [2.05, 4.69) is 5.32 Å². The number of amides is 2. The third-order valence-electron chi connectivity index (χ3n) is 5.05. The number of ether oxygens (including phenoxy) is 2. The van der Waals surface area contributed by atoms with Crippen LogP contribution in [0.5, 0.6) is 5.75 Å². The maximum Gasteiger partial charge on any atom is 0.317 e. The number of carbonyl (C=O) groups is 2. The minimum atomic E-state index is -0.913. The van der Waals surface area contributed by atoms with Gasteiger partial charge in [0, 0.05) is 38.8 Å². The topological polar surface area (TPSA) is 88.1 Å². The van der Waals surface area contributed by atoms with Crippen molar-refractivity contribution in [2.24, 2.45) is 5.92 Å². The lowest BCUT2D eigenvalue weighted by Crippen LogP contribution is -2.48. The minimum Gasteiger partial charge on any atom is -0.497 e. The van der Waals surface area contributed by atoms with Gasteiger partial charge in [0.2, 0.25) is 0 Å². The number of hydrogen-bond donors (Lipinski definition) is 2. The highest BCUT2D eigenvalue weighted by molar-refractivity contribution is 5.75. The van der Waals surface area contributed by atoms with Gasteiger partial charge in [-0.25, -0.2) is 4.79 Å². The quantitative estimate of drug-likeness (QED) is 0.774. The van der Waals surface area contributed by atoms with E-state index in [1.165, 1.54) is 4.90 Å². The van der Waals surface area contributed by atoms with E-state index in [9.17, 15) is 9.59 Å². The summed E-state index contributed by atoms with van der Waals surface area (Å²) in [4.78, 5) is 24.8. The van der Waals surface area contributed by atoms with E-state index in [0.717, 1.165) is 24.2 Å². The lowest BCUT2D eigenvalue weighted by molar-refractivity contribution is -0.141. The van der Waals surface area contributed by atoms with Crippen molar-refractivity contribution in [1.29, 1.82) is 0 Å². The average Bonchev–Trinajstić information content (AvgIpc) is 2.66. The molecule has 1 aromatic rings. The number of carboxylic acids is 1. The Balaban J connectivity index is 2.05. The molecule has 0 spiro atoms. The van der Waals surface area contributed by atoms with Gasteiger partial charge in [0.1, 0.15) is 5.75 Å². The van der Waals surface area contributed by atoms with Gasteiger partial charge in [-0.05, 0) is 30.5 Å². The summed E-state index contributed by atoms with van der Waals surface area (Å²) >= 11 is 0. The van der Waals surface area contributed by atoms with Crippen LogP contribution in [0.3, 0.4) is 0 Å². The van der Waals surface area contributed by atoms with Crippen LogP contribution in [-0.2, 0) is 14.9 Å². The number of aliphatic carboxylic acids is 1. The maximum atomic E-state index is 12.4. The predicted molar refractivity (Wildman–Crippen MR) is 97.6 cm³/mol. The van der Waals surface area contributed by atoms with Gasteiger partial charge in [-0.15, -0.1) is 0 Å². The molecule has 2 N–H and O–H groups in total. The van der Waals surface area contributed by atoms with Crippen molar-refractivity contribution in [2.75, 3.05) is 40.5 Å². The first-order valence-corrected chi connectivity index (χ1v) is 8.82. The number of urea groups is 1. The molecule has 1 unspecified atom stereocenters. The molecule has 144 valence electrons. The third kappa shape index (κ3) is 4.88. The van der Waals surface area contributed by atoms with Crippen LogP contribution in [0.1, 0.15) is 25.3 Å². The van der Waals surface area contributed by atoms with Crippen molar-refractivity contribution in [3.63, 3.8) is 0 Å². The van der Waals surface area contributed by atoms with Crippen molar-refractivity contribution in [3.8, 4) is 5.75 Å². The lowest BCUT2D eigenvalue weighted by Gasteiger charge is -2.38. The molecule has 1 atom stereocenters. The molecule has 1 heterocycles. The smallest absolute Gasteiger partial charge is 0.317 e. The van der Waals surface area contributed by atoms with Gasteiger partial charge in [0.05, 0.1) is 13.0 Å². The number of hydrogen-bond acceptors (Lipinski definition) is 4. The molecule has 1 aromatic carbocycles. The van der Waals surface area contributed by atoms with Crippen molar-refractivity contribution in [2.45, 2.75) is 25.2 Å². The Bertz CT molecular complexity index is 611. The van der Waals surface area contributed by atoms with Crippen molar-refractivity contribution >= 4 is 12.0 Å². The fourth-order valence-corrected chi connectivity index (χ4v) is 3.23. The maximum absolute atomic E-state index is 12.4. The first kappa shape index (κ1) is 20.0. The molecule has 0 bridgehead atoms. The number of carboxylic acid groups (broad SMARTS) is 1. The summed E-state index contributed by atoms with van der Waals surface area (Å²) in [5.74, 6) is -0.726. The largest absolute Gasteiger partial charge is 0.497 e. The molecule has 26 heavy (non-hydrogen) atoms. The number of methoxy groups -OCH3 is 1. The van der Waals surface area contributed by atoms with Gasteiger partial charge in [-0.3, -0.25) is 4.79 Å². The normalized spacial score (nSPS) is 17.2. The predicted octanol–water partition coefficient (Wildman–Crippen LogP) is 2.11. The number of rotatable bonds is 7. The molecule has 1 aliphatic heterocycles. The van der Waals surface area contributed by atoms with E-state index in [0.29, 0.717) is 19.8 Å². The summed E-state index contributed by atoms with van der Waals surface area (Å²) < 4.78 is 10.7. The highest BCUT2D eigenvalue weighted by Gasteiger charge is 2.35. The highest BCUT2D eigenvalue weighted by Crippen LogP contribution is 2.35. The SMILES string of the molecule is COc1ccc(C2(CNC(=O)N(C)CC(C)C(=O)O)CCOCC2)cc1. The van der Waals surface area contributed by atoms with Gasteiger partial charge in [-0.2, -0.15) is 0 Å². The molecule has 1 aliphatic rings. The number of nitrogens with one attached hydrogen (secondary N) is 1. The molecular formula is C19H28N2O5. The number of carbonyl (C=O) groups excluding carboxylic acids is 1. The molecule has 7 nitrogen and oxygen atoms in total. The summed E-state index contributed by atoms with van der Waals surface area (Å²) in [6.45, 7) is 3.53. The van der Waals surface area contributed by atoms with Gasteiger partial charge in [0.25, 0.3) is 0 Å². The first-order valence-electron chi connectivity index (χ1n) is 8.82. The van der Waals surface area contributed by atoms with Crippen molar-refractivity contribution in [1.82, 2.24) is 10.2 Å². The second kappa shape index (κ2) is 8.89. The molecule has 1 saturated heterocycles. The van der Waals surface area contributed by atoms with Crippen LogP contribution in [0.15, 0.2) is 24.3 Å². The Morgan fingerprint density at radius 1 is 1.31 bits per heavy atom. The average molecular weight is 364 g/mol. The van der Waals surface area contributed by atoms with Crippen LogP contribution in [0.2, 0.25) is 0 Å². The molecule has 2 rings (SSSR count). The summed E-state index contributed by atoms with van der Waals surface area (Å²) in [6, 6.07) is 7.65. The first-order chi connectivity index (χ1) is 12.4. The van der Waals surface area contributed by atoms with Gasteiger partial charge in [0.15, 0.2) is 0 Å². The molecule has 0 aromatic heterocycles. The van der Waals surface area contributed by atoms with Gasteiger partial charge < -0.3 is 24.8 Å². The fraction of sp³-hybridized carbons (Fsp3) is 0.579. The molecule has 7 heteroatoms. The van der Waals surface area contributed by atoms with Crippen molar-refractivity contribution < 1.29 is 24.2 Å². The van der Waals surface area contributed by atoms with E-state index in [1.54, 1.807) is 21.1 Å². The summed E-state index contributed by atoms with van der Waals surface area (Å²) in [7, 11) is 3.24. The highest BCUT2D eigenvalue weighted by atomic mass is 16.5. The van der Waals surface area contributed by atoms with E-state index >= 15 is 0 Å². The zero-order chi connectivity index (χ0) is 19.2. The van der Waals surface area contributed by atoms with E-state index in [4.69, 9.17) is 14.6 Å². The van der Waals surface area contributed by atoms with Crippen LogP contribution in [0.4, 0.5) is 4.79 Å². The summed E-state index contributed by atoms with van der Waals surface area (Å²) in [5.41, 5.74) is 0.947. The number of benzene rings is 1. The van der Waals surface area contributed by atoms with Crippen LogP contribution >= 0.6 is 0 Å². The molecule has 0 aliphatic carbocycles. The van der Waals surface area contributed by atoms with Crippen LogP contribution in [-0.4, -0.2) is 62.5 Å². The summed E-state index contributed by atoms with van der Waals surface area (Å²) in [6.07, 6.45) is 1.63.